The van der Waals surface area contributed by atoms with E-state index in [4.69, 9.17) is 10.00 Å². The lowest BCUT2D eigenvalue weighted by atomic mass is 9.30. The topological polar surface area (TPSA) is 96.8 Å². The van der Waals surface area contributed by atoms with Gasteiger partial charge in [-0.3, -0.25) is 0 Å². The van der Waals surface area contributed by atoms with Gasteiger partial charge in [0.2, 0.25) is 0 Å². The van der Waals surface area contributed by atoms with Crippen LogP contribution in [0.5, 0.6) is 5.75 Å². The van der Waals surface area contributed by atoms with Crippen LogP contribution < -0.4 is 4.74 Å². The van der Waals surface area contributed by atoms with Gasteiger partial charge < -0.3 is 9.84 Å². The summed E-state index contributed by atoms with van der Waals surface area (Å²) in [5, 5.41) is 31.0. The summed E-state index contributed by atoms with van der Waals surface area (Å²) >= 11 is 0. The Labute approximate surface area is 210 Å². The highest BCUT2D eigenvalue weighted by molar-refractivity contribution is 5.44. The average Bonchev–Trinajstić information content (AvgIpc) is 3.29. The molecule has 1 heterocycles. The fraction of sp³-hybridized carbons (Fsp3) is 0.462. The smallest absolute Gasteiger partial charge is 0.287 e. The minimum atomic E-state index is -3.78. The molecule has 2 bridgehead atoms. The highest BCUT2D eigenvalue weighted by Crippen LogP contribution is 2.80. The summed E-state index contributed by atoms with van der Waals surface area (Å²) < 4.78 is 67.4. The number of rotatable bonds is 9. The van der Waals surface area contributed by atoms with Crippen LogP contribution in [0.1, 0.15) is 44.2 Å². The molecule has 11 heteroatoms. The molecule has 194 valence electrons. The predicted octanol–water partition coefficient (Wildman–Crippen LogP) is 4.52. The van der Waals surface area contributed by atoms with Crippen LogP contribution in [-0.4, -0.2) is 37.8 Å². The quantitative estimate of drug-likeness (QED) is 0.421. The number of tetrazole rings is 1. The van der Waals surface area contributed by atoms with E-state index in [1.54, 1.807) is 26.0 Å². The number of halogens is 4. The van der Waals surface area contributed by atoms with Crippen LogP contribution in [-0.2, 0) is 17.6 Å². The molecular formula is C26H25F4N5O2. The Kier molecular flexibility index (Phi) is 5.60. The largest absolute Gasteiger partial charge is 0.492 e. The van der Waals surface area contributed by atoms with Gasteiger partial charge in [0, 0.05) is 17.0 Å². The van der Waals surface area contributed by atoms with Crippen molar-refractivity contribution in [1.29, 1.82) is 5.26 Å². The fourth-order valence-corrected chi connectivity index (χ4v) is 5.73. The summed E-state index contributed by atoms with van der Waals surface area (Å²) in [4.78, 5) is 0. The number of aliphatic hydroxyl groups is 1. The maximum atomic E-state index is 16.3. The van der Waals surface area contributed by atoms with E-state index in [0.717, 1.165) is 28.7 Å². The number of nitriles is 1. The van der Waals surface area contributed by atoms with Crippen molar-refractivity contribution in [2.75, 3.05) is 6.61 Å². The summed E-state index contributed by atoms with van der Waals surface area (Å²) in [5.41, 5.74) is -5.55. The minimum absolute atomic E-state index is 0.0927. The number of ether oxygens (including phenoxy) is 1. The summed E-state index contributed by atoms with van der Waals surface area (Å²) in [6, 6.07) is 11.5. The van der Waals surface area contributed by atoms with Crippen molar-refractivity contribution < 1.29 is 27.4 Å². The Morgan fingerprint density at radius 1 is 1.11 bits per heavy atom. The molecule has 6 rings (SSSR count). The van der Waals surface area contributed by atoms with Crippen molar-refractivity contribution >= 4 is 0 Å². The molecule has 3 aromatic rings. The maximum absolute atomic E-state index is 16.3. The standard InChI is InChI=1S/C26H25F4N5O2/c1-22(2,13-31)15-37-19-6-3-17(4-7-19)23-10-24(11-23,12-23)26(29,30)25(36,14-35-16-32-33-34-35)20-8-5-18(27)9-21(20)28/h3-9,16,36H,10-12,14-15H2,1-2H3. The fourth-order valence-electron chi connectivity index (χ4n) is 5.73. The van der Waals surface area contributed by atoms with Crippen molar-refractivity contribution in [3.05, 3.63) is 71.6 Å². The van der Waals surface area contributed by atoms with Crippen LogP contribution in [0, 0.1) is 33.8 Å². The molecule has 1 unspecified atom stereocenters. The molecule has 1 aromatic heterocycles. The normalized spacial score (nSPS) is 24.4. The SMILES string of the molecule is CC(C)(C#N)COc1ccc(C23CC(C(F)(F)C(O)(Cn4cnnn4)c4ccc(F)cc4F)(C2)C3)cc1. The molecule has 1 N–H and O–H groups in total. The van der Waals surface area contributed by atoms with Gasteiger partial charge in [0.05, 0.1) is 18.0 Å². The van der Waals surface area contributed by atoms with E-state index in [1.165, 1.54) is 0 Å². The number of hydrogen-bond donors (Lipinski definition) is 1. The first-order valence-corrected chi connectivity index (χ1v) is 11.8. The highest BCUT2D eigenvalue weighted by Gasteiger charge is 2.82. The van der Waals surface area contributed by atoms with Gasteiger partial charge in [-0.25, -0.2) is 22.2 Å². The van der Waals surface area contributed by atoms with Crippen molar-refractivity contribution in [2.45, 2.75) is 56.6 Å². The number of hydrogen-bond acceptors (Lipinski definition) is 6. The van der Waals surface area contributed by atoms with Gasteiger partial charge in [-0.2, -0.15) is 5.26 Å². The second kappa shape index (κ2) is 8.25. The van der Waals surface area contributed by atoms with Gasteiger partial charge in [-0.15, -0.1) is 5.10 Å². The van der Waals surface area contributed by atoms with Crippen LogP contribution in [0.25, 0.3) is 0 Å². The van der Waals surface area contributed by atoms with E-state index in [0.29, 0.717) is 11.8 Å². The molecule has 3 aliphatic rings. The summed E-state index contributed by atoms with van der Waals surface area (Å²) in [6.07, 6.45) is 1.33. The van der Waals surface area contributed by atoms with E-state index in [1.807, 2.05) is 12.1 Å². The predicted molar refractivity (Wildman–Crippen MR) is 122 cm³/mol. The van der Waals surface area contributed by atoms with Crippen molar-refractivity contribution in [3.63, 3.8) is 0 Å². The molecule has 0 aliphatic heterocycles. The van der Waals surface area contributed by atoms with Gasteiger partial charge in [0.1, 0.15) is 30.3 Å². The van der Waals surface area contributed by atoms with Gasteiger partial charge >= 0.3 is 0 Å². The number of nitrogens with zero attached hydrogens (tertiary/aromatic N) is 5. The van der Waals surface area contributed by atoms with Gasteiger partial charge in [-0.05, 0) is 78.8 Å². The van der Waals surface area contributed by atoms with E-state index in [9.17, 15) is 13.9 Å². The molecule has 37 heavy (non-hydrogen) atoms. The molecule has 0 radical (unpaired) electrons. The molecule has 0 spiro atoms. The molecule has 3 saturated carbocycles. The van der Waals surface area contributed by atoms with E-state index >= 15 is 8.78 Å². The van der Waals surface area contributed by atoms with Gasteiger partial charge in [0.15, 0.2) is 5.60 Å². The second-order valence-corrected chi connectivity index (χ2v) is 11.0. The minimum Gasteiger partial charge on any atom is -0.492 e. The molecule has 0 saturated heterocycles. The van der Waals surface area contributed by atoms with Crippen molar-refractivity contribution in [2.24, 2.45) is 10.8 Å². The Morgan fingerprint density at radius 2 is 1.78 bits per heavy atom. The van der Waals surface area contributed by atoms with E-state index in [-0.39, 0.29) is 25.9 Å². The molecule has 0 amide bonds. The summed E-state index contributed by atoms with van der Waals surface area (Å²) in [7, 11) is 0. The van der Waals surface area contributed by atoms with E-state index < -0.39 is 51.5 Å². The van der Waals surface area contributed by atoms with Crippen LogP contribution in [0.4, 0.5) is 17.6 Å². The molecule has 1 atom stereocenters. The van der Waals surface area contributed by atoms with Crippen molar-refractivity contribution in [1.82, 2.24) is 20.2 Å². The summed E-state index contributed by atoms with van der Waals surface area (Å²) in [6.45, 7) is 2.93. The third-order valence-corrected chi connectivity index (χ3v) is 7.74. The van der Waals surface area contributed by atoms with Gasteiger partial charge in [0.25, 0.3) is 5.92 Å². The number of aromatic nitrogens is 4. The molecule has 7 nitrogen and oxygen atoms in total. The molecule has 3 aliphatic carbocycles. The third kappa shape index (κ3) is 3.85. The molecule has 3 fully saturated rings. The van der Waals surface area contributed by atoms with Crippen LogP contribution in [0.3, 0.4) is 0 Å². The van der Waals surface area contributed by atoms with Gasteiger partial charge in [-0.1, -0.05) is 12.1 Å². The van der Waals surface area contributed by atoms with E-state index in [2.05, 4.69) is 21.6 Å². The lowest BCUT2D eigenvalue weighted by Crippen LogP contribution is -2.76. The first kappa shape index (κ1) is 25.1. The second-order valence-electron chi connectivity index (χ2n) is 11.0. The van der Waals surface area contributed by atoms with Crippen LogP contribution >= 0.6 is 0 Å². The number of benzene rings is 2. The Hall–Kier alpha value is -3.52. The van der Waals surface area contributed by atoms with Crippen LogP contribution in [0.2, 0.25) is 0 Å². The first-order chi connectivity index (χ1) is 17.4. The average molecular weight is 516 g/mol. The zero-order valence-electron chi connectivity index (χ0n) is 20.3. The molecule has 2 aromatic carbocycles. The van der Waals surface area contributed by atoms with Crippen molar-refractivity contribution in [3.8, 4) is 11.8 Å². The first-order valence-electron chi connectivity index (χ1n) is 11.8. The highest BCUT2D eigenvalue weighted by atomic mass is 19.3. The Morgan fingerprint density at radius 3 is 2.35 bits per heavy atom. The Bertz CT molecular complexity index is 1330. The number of alkyl halides is 2. The maximum Gasteiger partial charge on any atom is 0.287 e. The zero-order chi connectivity index (χ0) is 26.7. The third-order valence-electron chi connectivity index (χ3n) is 7.74. The Balaban J connectivity index is 1.38. The van der Waals surface area contributed by atoms with Crippen LogP contribution in [0.15, 0.2) is 48.8 Å². The monoisotopic (exact) mass is 515 g/mol. The lowest BCUT2D eigenvalue weighted by molar-refractivity contribution is -0.347. The lowest BCUT2D eigenvalue weighted by Gasteiger charge is -2.74. The summed E-state index contributed by atoms with van der Waals surface area (Å²) in [5.74, 6) is -5.42. The zero-order valence-corrected chi connectivity index (χ0v) is 20.3. The molecular weight excluding hydrogens is 490 g/mol.